The second-order valence-electron chi connectivity index (χ2n) is 7.23. The molecule has 1 saturated heterocycles. The summed E-state index contributed by atoms with van der Waals surface area (Å²) in [6, 6.07) is 7.37. The summed E-state index contributed by atoms with van der Waals surface area (Å²) in [6.07, 6.45) is 8.25. The van der Waals surface area contributed by atoms with E-state index < -0.39 is 0 Å². The Kier molecular flexibility index (Phi) is 7.96. The Morgan fingerprint density at radius 1 is 1.08 bits per heavy atom. The number of piperidine rings is 1. The van der Waals surface area contributed by atoms with Crippen molar-refractivity contribution in [3.8, 4) is 0 Å². The zero-order valence-electron chi connectivity index (χ0n) is 15.7. The number of hydrogen-bond donors (Lipinski definition) is 1. The Bertz CT molecular complexity index is 563. The normalized spacial score (nSPS) is 15.2. The number of unbranched alkanes of at least 4 members (excludes halogenated alkanes) is 4. The first-order valence-electron chi connectivity index (χ1n) is 9.80. The van der Waals surface area contributed by atoms with Crippen LogP contribution in [0.2, 0.25) is 0 Å². The molecule has 138 valence electrons. The Morgan fingerprint density at radius 2 is 1.76 bits per heavy atom. The zero-order valence-corrected chi connectivity index (χ0v) is 15.7. The molecule has 1 aromatic carbocycles. The van der Waals surface area contributed by atoms with Crippen LogP contribution in [0.15, 0.2) is 24.3 Å². The molecule has 1 N–H and O–H groups in total. The first-order chi connectivity index (χ1) is 12.1. The lowest BCUT2D eigenvalue weighted by Crippen LogP contribution is -2.38. The van der Waals surface area contributed by atoms with Crippen molar-refractivity contribution < 1.29 is 9.59 Å². The summed E-state index contributed by atoms with van der Waals surface area (Å²) in [5.74, 6) is 0.724. The number of nitrogens with one attached hydrogen (secondary N) is 1. The summed E-state index contributed by atoms with van der Waals surface area (Å²) in [6.45, 7) is 6.03. The number of benzene rings is 1. The van der Waals surface area contributed by atoms with E-state index in [0.29, 0.717) is 23.6 Å². The predicted octanol–water partition coefficient (Wildman–Crippen LogP) is 4.86. The highest BCUT2D eigenvalue weighted by atomic mass is 16.2. The van der Waals surface area contributed by atoms with Gasteiger partial charge in [0.05, 0.1) is 11.3 Å². The topological polar surface area (TPSA) is 49.4 Å². The summed E-state index contributed by atoms with van der Waals surface area (Å²) in [7, 11) is 0. The van der Waals surface area contributed by atoms with Crippen molar-refractivity contribution >= 4 is 17.5 Å². The molecule has 0 atom stereocenters. The minimum Gasteiger partial charge on any atom is -0.339 e. The van der Waals surface area contributed by atoms with E-state index in [1.54, 1.807) is 0 Å². The van der Waals surface area contributed by atoms with E-state index in [2.05, 4.69) is 19.2 Å². The molecule has 2 rings (SSSR count). The lowest BCUT2D eigenvalue weighted by molar-refractivity contribution is -0.116. The molecule has 0 bridgehead atoms. The average molecular weight is 344 g/mol. The lowest BCUT2D eigenvalue weighted by Gasteiger charge is -2.30. The van der Waals surface area contributed by atoms with Crippen LogP contribution in [0.3, 0.4) is 0 Å². The second-order valence-corrected chi connectivity index (χ2v) is 7.23. The monoisotopic (exact) mass is 344 g/mol. The van der Waals surface area contributed by atoms with Gasteiger partial charge in [-0.15, -0.1) is 0 Å². The van der Waals surface area contributed by atoms with Crippen LogP contribution in [0.5, 0.6) is 0 Å². The number of carbonyl (C=O) groups is 2. The van der Waals surface area contributed by atoms with E-state index in [1.807, 2.05) is 29.2 Å². The standard InChI is InChI=1S/C21H32N2O2/c1-3-4-5-6-7-12-20(24)22-19-11-9-8-10-18(19)21(25)23-15-13-17(2)14-16-23/h8-11,17H,3-7,12-16H2,1-2H3,(H,22,24). The van der Waals surface area contributed by atoms with E-state index in [-0.39, 0.29) is 11.8 Å². The molecular weight excluding hydrogens is 312 g/mol. The van der Waals surface area contributed by atoms with Gasteiger partial charge in [-0.25, -0.2) is 0 Å². The smallest absolute Gasteiger partial charge is 0.255 e. The number of carbonyl (C=O) groups excluding carboxylic acids is 2. The highest BCUT2D eigenvalue weighted by Crippen LogP contribution is 2.22. The molecular formula is C21H32N2O2. The maximum atomic E-state index is 12.8. The zero-order chi connectivity index (χ0) is 18.1. The molecule has 2 amide bonds. The van der Waals surface area contributed by atoms with Crippen LogP contribution >= 0.6 is 0 Å². The van der Waals surface area contributed by atoms with Crippen molar-refractivity contribution in [2.75, 3.05) is 18.4 Å². The maximum Gasteiger partial charge on any atom is 0.255 e. The molecule has 0 unspecified atom stereocenters. The van der Waals surface area contributed by atoms with Gasteiger partial charge in [-0.05, 0) is 37.3 Å². The van der Waals surface area contributed by atoms with Crippen LogP contribution in [-0.4, -0.2) is 29.8 Å². The fraction of sp³-hybridized carbons (Fsp3) is 0.619. The van der Waals surface area contributed by atoms with Crippen molar-refractivity contribution in [3.63, 3.8) is 0 Å². The van der Waals surface area contributed by atoms with Crippen molar-refractivity contribution in [3.05, 3.63) is 29.8 Å². The molecule has 25 heavy (non-hydrogen) atoms. The van der Waals surface area contributed by atoms with E-state index in [0.717, 1.165) is 38.8 Å². The fourth-order valence-corrected chi connectivity index (χ4v) is 3.26. The summed E-state index contributed by atoms with van der Waals surface area (Å²) >= 11 is 0. The van der Waals surface area contributed by atoms with Crippen LogP contribution in [0.1, 0.15) is 75.6 Å². The number of hydrogen-bond acceptors (Lipinski definition) is 2. The Morgan fingerprint density at radius 3 is 2.48 bits per heavy atom. The van der Waals surface area contributed by atoms with Crippen LogP contribution < -0.4 is 5.32 Å². The van der Waals surface area contributed by atoms with Gasteiger partial charge in [-0.1, -0.05) is 51.7 Å². The fourth-order valence-electron chi connectivity index (χ4n) is 3.26. The van der Waals surface area contributed by atoms with Gasteiger partial charge in [0.2, 0.25) is 5.91 Å². The summed E-state index contributed by atoms with van der Waals surface area (Å²) < 4.78 is 0. The molecule has 1 aromatic rings. The van der Waals surface area contributed by atoms with E-state index in [4.69, 9.17) is 0 Å². The molecule has 4 nitrogen and oxygen atoms in total. The minimum absolute atomic E-state index is 0.00372. The Hall–Kier alpha value is -1.84. The van der Waals surface area contributed by atoms with Gasteiger partial charge >= 0.3 is 0 Å². The van der Waals surface area contributed by atoms with Crippen LogP contribution in [-0.2, 0) is 4.79 Å². The number of nitrogens with zero attached hydrogens (tertiary/aromatic N) is 1. The molecule has 4 heteroatoms. The van der Waals surface area contributed by atoms with Crippen LogP contribution in [0.25, 0.3) is 0 Å². The minimum atomic E-state index is 0.00372. The first kappa shape index (κ1) is 19.5. The average Bonchev–Trinajstić information content (AvgIpc) is 2.62. The second kappa shape index (κ2) is 10.2. The molecule has 1 fully saturated rings. The number of para-hydroxylation sites is 1. The van der Waals surface area contributed by atoms with Crippen LogP contribution in [0, 0.1) is 5.92 Å². The molecule has 1 heterocycles. The summed E-state index contributed by atoms with van der Waals surface area (Å²) in [5.41, 5.74) is 1.25. The quantitative estimate of drug-likeness (QED) is 0.685. The van der Waals surface area contributed by atoms with Crippen LogP contribution in [0.4, 0.5) is 5.69 Å². The first-order valence-corrected chi connectivity index (χ1v) is 9.80. The third kappa shape index (κ3) is 6.18. The molecule has 0 aromatic heterocycles. The van der Waals surface area contributed by atoms with E-state index >= 15 is 0 Å². The molecule has 1 aliphatic heterocycles. The van der Waals surface area contributed by atoms with Gasteiger partial charge in [-0.2, -0.15) is 0 Å². The molecule has 0 spiro atoms. The van der Waals surface area contributed by atoms with Gasteiger partial charge in [0.25, 0.3) is 5.91 Å². The third-order valence-electron chi connectivity index (χ3n) is 5.01. The van der Waals surface area contributed by atoms with E-state index in [1.165, 1.54) is 19.3 Å². The van der Waals surface area contributed by atoms with Crippen molar-refractivity contribution in [2.24, 2.45) is 5.92 Å². The molecule has 0 radical (unpaired) electrons. The third-order valence-corrected chi connectivity index (χ3v) is 5.01. The van der Waals surface area contributed by atoms with Gasteiger partial charge in [0.1, 0.15) is 0 Å². The SMILES string of the molecule is CCCCCCCC(=O)Nc1ccccc1C(=O)N1CCC(C)CC1. The Balaban J connectivity index is 1.91. The predicted molar refractivity (Wildman–Crippen MR) is 103 cm³/mol. The molecule has 0 aliphatic carbocycles. The van der Waals surface area contributed by atoms with Crippen molar-refractivity contribution in [1.82, 2.24) is 4.90 Å². The lowest BCUT2D eigenvalue weighted by atomic mass is 9.98. The van der Waals surface area contributed by atoms with Gasteiger partial charge in [0.15, 0.2) is 0 Å². The number of amides is 2. The van der Waals surface area contributed by atoms with Crippen molar-refractivity contribution in [2.45, 2.75) is 65.2 Å². The van der Waals surface area contributed by atoms with Gasteiger partial charge < -0.3 is 10.2 Å². The van der Waals surface area contributed by atoms with Crippen molar-refractivity contribution in [1.29, 1.82) is 0 Å². The number of likely N-dealkylation sites (tertiary alicyclic amines) is 1. The Labute approximate surface area is 152 Å². The molecule has 1 aliphatic rings. The van der Waals surface area contributed by atoms with E-state index in [9.17, 15) is 9.59 Å². The summed E-state index contributed by atoms with van der Waals surface area (Å²) in [4.78, 5) is 26.9. The molecule has 0 saturated carbocycles. The number of anilines is 1. The maximum absolute atomic E-state index is 12.8. The van der Waals surface area contributed by atoms with Gasteiger partial charge in [0, 0.05) is 19.5 Å². The number of rotatable bonds is 8. The highest BCUT2D eigenvalue weighted by Gasteiger charge is 2.23. The summed E-state index contributed by atoms with van der Waals surface area (Å²) in [5, 5.41) is 2.94. The highest BCUT2D eigenvalue weighted by molar-refractivity contribution is 6.03. The van der Waals surface area contributed by atoms with Gasteiger partial charge in [-0.3, -0.25) is 9.59 Å². The largest absolute Gasteiger partial charge is 0.339 e.